The van der Waals surface area contributed by atoms with Crippen molar-refractivity contribution in [2.75, 3.05) is 20.0 Å². The Labute approximate surface area is 59.3 Å². The molecule has 2 amide bonds. The molecular weight excluding hydrogens is 136 g/mol. The van der Waals surface area contributed by atoms with Crippen LogP contribution in [-0.2, 0) is 0 Å². The van der Waals surface area contributed by atoms with E-state index in [-0.39, 0.29) is 6.73 Å². The van der Waals surface area contributed by atoms with Crippen molar-refractivity contribution < 1.29 is 15.0 Å². The smallest absolute Gasteiger partial charge is 0.321 e. The fourth-order valence-corrected chi connectivity index (χ4v) is 0.487. The monoisotopic (exact) mass is 148 g/mol. The Morgan fingerprint density at radius 3 is 2.50 bits per heavy atom. The highest BCUT2D eigenvalue weighted by molar-refractivity contribution is 5.73. The van der Waals surface area contributed by atoms with Crippen LogP contribution >= 0.6 is 0 Å². The molecule has 0 aromatic rings. The zero-order chi connectivity index (χ0) is 7.98. The Balaban J connectivity index is 3.65. The molecule has 0 saturated carbocycles. The molecule has 60 valence electrons. The minimum Gasteiger partial charge on any atom is -0.376 e. The van der Waals surface area contributed by atoms with Gasteiger partial charge in [0.2, 0.25) is 0 Å². The summed E-state index contributed by atoms with van der Waals surface area (Å²) in [4.78, 5) is 11.8. The molecule has 5 heteroatoms. The Hall–Kier alpha value is -0.810. The summed E-state index contributed by atoms with van der Waals surface area (Å²) < 4.78 is 0. The van der Waals surface area contributed by atoms with Crippen LogP contribution in [0.15, 0.2) is 0 Å². The van der Waals surface area contributed by atoms with Gasteiger partial charge in [-0.15, -0.1) is 0 Å². The molecule has 0 aromatic heterocycles. The maximum atomic E-state index is 10.7. The minimum absolute atomic E-state index is 0.331. The molecule has 0 aromatic carbocycles. The second-order valence-electron chi connectivity index (χ2n) is 1.64. The Morgan fingerprint density at radius 2 is 2.20 bits per heavy atom. The summed E-state index contributed by atoms with van der Waals surface area (Å²) in [5.74, 6) is 0. The molecule has 0 aliphatic rings. The molecule has 0 atom stereocenters. The van der Waals surface area contributed by atoms with Gasteiger partial charge in [-0.2, -0.15) is 0 Å². The van der Waals surface area contributed by atoms with Gasteiger partial charge in [-0.3, -0.25) is 0 Å². The third-order valence-electron chi connectivity index (χ3n) is 1.07. The number of hydrogen-bond donors (Lipinski definition) is 3. The highest BCUT2D eigenvalue weighted by Crippen LogP contribution is 1.84. The van der Waals surface area contributed by atoms with E-state index in [1.54, 1.807) is 6.92 Å². The summed E-state index contributed by atoms with van der Waals surface area (Å²) in [6, 6.07) is -0.465. The van der Waals surface area contributed by atoms with Crippen LogP contribution in [0.25, 0.3) is 0 Å². The van der Waals surface area contributed by atoms with Crippen molar-refractivity contribution in [1.29, 1.82) is 0 Å². The highest BCUT2D eigenvalue weighted by Gasteiger charge is 2.06. The number of amides is 2. The van der Waals surface area contributed by atoms with E-state index in [4.69, 9.17) is 10.2 Å². The Bertz CT molecular complexity index is 103. The number of aliphatic hydroxyl groups excluding tert-OH is 2. The molecule has 0 rings (SSSR count). The lowest BCUT2D eigenvalue weighted by Gasteiger charge is -2.16. The summed E-state index contributed by atoms with van der Waals surface area (Å²) in [6.07, 6.45) is 0. The maximum absolute atomic E-state index is 10.7. The molecule has 3 N–H and O–H groups in total. The van der Waals surface area contributed by atoms with Crippen LogP contribution in [0, 0.1) is 0 Å². The van der Waals surface area contributed by atoms with Gasteiger partial charge in [-0.25, -0.2) is 4.79 Å². The normalized spacial score (nSPS) is 9.10. The fourth-order valence-electron chi connectivity index (χ4n) is 0.487. The zero-order valence-electron chi connectivity index (χ0n) is 5.87. The number of hydrogen-bond acceptors (Lipinski definition) is 3. The summed E-state index contributed by atoms with van der Waals surface area (Å²) in [6.45, 7) is 1.41. The van der Waals surface area contributed by atoms with Crippen LogP contribution in [0.5, 0.6) is 0 Å². The van der Waals surface area contributed by atoms with Crippen molar-refractivity contribution in [3.05, 3.63) is 0 Å². The van der Waals surface area contributed by atoms with Gasteiger partial charge in [0, 0.05) is 6.54 Å². The van der Waals surface area contributed by atoms with Crippen LogP contribution in [-0.4, -0.2) is 41.2 Å². The Kier molecular flexibility index (Phi) is 4.61. The van der Waals surface area contributed by atoms with Crippen molar-refractivity contribution in [2.24, 2.45) is 0 Å². The molecule has 0 fully saturated rings. The van der Waals surface area contributed by atoms with Gasteiger partial charge in [0.1, 0.15) is 13.5 Å². The first kappa shape index (κ1) is 9.19. The lowest BCUT2D eigenvalue weighted by molar-refractivity contribution is 0.120. The largest absolute Gasteiger partial charge is 0.376 e. The van der Waals surface area contributed by atoms with Gasteiger partial charge in [0.25, 0.3) is 0 Å². The molecular formula is C5H12N2O3. The van der Waals surface area contributed by atoms with E-state index >= 15 is 0 Å². The average molecular weight is 148 g/mol. The van der Waals surface area contributed by atoms with Gasteiger partial charge in [0.05, 0.1) is 0 Å². The number of carbonyl (C=O) groups excluding carboxylic acids is 1. The number of urea groups is 1. The summed E-state index contributed by atoms with van der Waals surface area (Å²) >= 11 is 0. The van der Waals surface area contributed by atoms with Gasteiger partial charge in [-0.1, -0.05) is 0 Å². The predicted octanol–water partition coefficient (Wildman–Crippen LogP) is -1.08. The SMILES string of the molecule is CCN(CO)C(=O)NCO. The molecule has 0 spiro atoms. The predicted molar refractivity (Wildman–Crippen MR) is 35.1 cm³/mol. The van der Waals surface area contributed by atoms with Crippen LogP contribution in [0.2, 0.25) is 0 Å². The molecule has 0 bridgehead atoms. The second kappa shape index (κ2) is 5.01. The van der Waals surface area contributed by atoms with Crippen LogP contribution in [0.1, 0.15) is 6.92 Å². The van der Waals surface area contributed by atoms with Crippen molar-refractivity contribution in [2.45, 2.75) is 6.92 Å². The van der Waals surface area contributed by atoms with E-state index < -0.39 is 12.8 Å². The van der Waals surface area contributed by atoms with E-state index in [0.717, 1.165) is 4.90 Å². The molecule has 0 heterocycles. The molecule has 10 heavy (non-hydrogen) atoms. The maximum Gasteiger partial charge on any atom is 0.321 e. The van der Waals surface area contributed by atoms with Gasteiger partial charge >= 0.3 is 6.03 Å². The molecule has 0 saturated heterocycles. The third-order valence-corrected chi connectivity index (χ3v) is 1.07. The summed E-state index contributed by atoms with van der Waals surface area (Å²) in [5, 5.41) is 18.9. The minimum atomic E-state index is -0.465. The van der Waals surface area contributed by atoms with Crippen molar-refractivity contribution >= 4 is 6.03 Å². The molecule has 0 unspecified atom stereocenters. The topological polar surface area (TPSA) is 72.8 Å². The van der Waals surface area contributed by atoms with E-state index in [1.807, 2.05) is 0 Å². The average Bonchev–Trinajstić information content (AvgIpc) is 1.91. The first-order valence-electron chi connectivity index (χ1n) is 3.00. The first-order chi connectivity index (χ1) is 4.76. The first-order valence-corrected chi connectivity index (χ1v) is 3.00. The number of nitrogens with one attached hydrogen (secondary N) is 1. The number of rotatable bonds is 3. The van der Waals surface area contributed by atoms with E-state index in [0.29, 0.717) is 6.54 Å². The van der Waals surface area contributed by atoms with Crippen LogP contribution < -0.4 is 5.32 Å². The summed E-state index contributed by atoms with van der Waals surface area (Å²) in [7, 11) is 0. The van der Waals surface area contributed by atoms with E-state index in [1.165, 1.54) is 0 Å². The molecule has 0 aliphatic carbocycles. The van der Waals surface area contributed by atoms with E-state index in [9.17, 15) is 4.79 Å². The van der Waals surface area contributed by atoms with Gasteiger partial charge in [0.15, 0.2) is 0 Å². The molecule has 5 nitrogen and oxygen atoms in total. The van der Waals surface area contributed by atoms with Crippen molar-refractivity contribution in [1.82, 2.24) is 10.2 Å². The fraction of sp³-hybridized carbons (Fsp3) is 0.800. The lowest BCUT2D eigenvalue weighted by atomic mass is 10.6. The van der Waals surface area contributed by atoms with Crippen LogP contribution in [0.3, 0.4) is 0 Å². The number of nitrogens with zero attached hydrogens (tertiary/aromatic N) is 1. The van der Waals surface area contributed by atoms with Crippen molar-refractivity contribution in [3.63, 3.8) is 0 Å². The highest BCUT2D eigenvalue weighted by atomic mass is 16.3. The van der Waals surface area contributed by atoms with Crippen molar-refractivity contribution in [3.8, 4) is 0 Å². The standard InChI is InChI=1S/C5H12N2O3/c1-2-7(4-9)5(10)6-3-8/h8-9H,2-4H2,1H3,(H,6,10). The van der Waals surface area contributed by atoms with Crippen LogP contribution in [0.4, 0.5) is 4.79 Å². The summed E-state index contributed by atoms with van der Waals surface area (Å²) in [5.41, 5.74) is 0. The van der Waals surface area contributed by atoms with Gasteiger partial charge in [-0.05, 0) is 6.92 Å². The zero-order valence-corrected chi connectivity index (χ0v) is 5.87. The molecule has 0 radical (unpaired) electrons. The second-order valence-corrected chi connectivity index (χ2v) is 1.64. The van der Waals surface area contributed by atoms with Gasteiger partial charge < -0.3 is 20.4 Å². The Morgan fingerprint density at radius 1 is 1.60 bits per heavy atom. The quantitative estimate of drug-likeness (QED) is 0.446. The number of aliphatic hydroxyl groups is 2. The van der Waals surface area contributed by atoms with E-state index in [2.05, 4.69) is 5.32 Å². The third kappa shape index (κ3) is 2.65. The molecule has 0 aliphatic heterocycles. The number of carbonyl (C=O) groups is 1. The lowest BCUT2D eigenvalue weighted by Crippen LogP contribution is -2.40.